The zero-order chi connectivity index (χ0) is 19.4. The van der Waals surface area contributed by atoms with Gasteiger partial charge in [-0.25, -0.2) is 4.98 Å². The minimum Gasteiger partial charge on any atom is -0.444 e. The fourth-order valence-electron chi connectivity index (χ4n) is 3.43. The Hall–Kier alpha value is -1.60. The molecule has 1 aliphatic heterocycles. The number of hydrogen-bond acceptors (Lipinski definition) is 5. The molecule has 29 heavy (non-hydrogen) atoms. The van der Waals surface area contributed by atoms with Crippen molar-refractivity contribution < 1.29 is 9.21 Å². The molecule has 1 saturated heterocycles. The van der Waals surface area contributed by atoms with E-state index < -0.39 is 6.04 Å². The Morgan fingerprint density at radius 1 is 1.21 bits per heavy atom. The van der Waals surface area contributed by atoms with Crippen molar-refractivity contribution >= 4 is 30.7 Å². The minimum absolute atomic E-state index is 0. The number of benzene rings is 1. The summed E-state index contributed by atoms with van der Waals surface area (Å²) in [6, 6.07) is 7.19. The Morgan fingerprint density at radius 2 is 1.83 bits per heavy atom. The molecular formula is C21H32Cl2N4O2. The van der Waals surface area contributed by atoms with Crippen LogP contribution in [-0.2, 0) is 11.3 Å². The summed E-state index contributed by atoms with van der Waals surface area (Å²) < 4.78 is 5.67. The van der Waals surface area contributed by atoms with E-state index in [9.17, 15) is 4.79 Å². The molecule has 1 unspecified atom stereocenters. The number of carbonyl (C=O) groups is 1. The van der Waals surface area contributed by atoms with Gasteiger partial charge >= 0.3 is 0 Å². The Balaban J connectivity index is 0.00000210. The third-order valence-electron chi connectivity index (χ3n) is 5.42. The van der Waals surface area contributed by atoms with Crippen molar-refractivity contribution in [3.63, 3.8) is 0 Å². The molecule has 6 nitrogen and oxygen atoms in total. The second kappa shape index (κ2) is 11.6. The topological polar surface area (TPSA) is 84.4 Å². The highest BCUT2D eigenvalue weighted by molar-refractivity contribution is 5.85. The molecular weight excluding hydrogens is 411 g/mol. The van der Waals surface area contributed by atoms with Gasteiger partial charge in [0.1, 0.15) is 11.8 Å². The fraction of sp³-hybridized carbons (Fsp3) is 0.524. The van der Waals surface area contributed by atoms with Gasteiger partial charge in [0.25, 0.3) is 0 Å². The normalized spacial score (nSPS) is 15.9. The number of oxazole rings is 1. The van der Waals surface area contributed by atoms with Crippen LogP contribution in [0.2, 0.25) is 0 Å². The van der Waals surface area contributed by atoms with E-state index in [-0.39, 0.29) is 30.7 Å². The van der Waals surface area contributed by atoms with Crippen LogP contribution in [0.25, 0.3) is 0 Å². The van der Waals surface area contributed by atoms with Gasteiger partial charge in [0.15, 0.2) is 0 Å². The van der Waals surface area contributed by atoms with E-state index in [0.29, 0.717) is 12.5 Å². The summed E-state index contributed by atoms with van der Waals surface area (Å²) in [5, 5.41) is 3.03. The molecule has 1 aromatic heterocycles. The molecule has 1 amide bonds. The number of nitrogens with zero attached hydrogens (tertiary/aromatic N) is 2. The molecule has 162 valence electrons. The van der Waals surface area contributed by atoms with E-state index in [1.807, 2.05) is 45.0 Å². The van der Waals surface area contributed by atoms with E-state index in [4.69, 9.17) is 10.2 Å². The summed E-state index contributed by atoms with van der Waals surface area (Å²) in [7, 11) is 0. The Bertz CT molecular complexity index is 752. The maximum absolute atomic E-state index is 12.3. The first kappa shape index (κ1) is 25.4. The number of amides is 1. The molecule has 1 atom stereocenters. The Morgan fingerprint density at radius 3 is 2.38 bits per heavy atom. The van der Waals surface area contributed by atoms with Crippen molar-refractivity contribution in [2.75, 3.05) is 19.6 Å². The number of carbonyl (C=O) groups excluding carboxylic acids is 1. The first-order valence-corrected chi connectivity index (χ1v) is 9.67. The summed E-state index contributed by atoms with van der Waals surface area (Å²) in [6.07, 6.45) is 2.11. The molecule has 0 spiro atoms. The van der Waals surface area contributed by atoms with Gasteiger partial charge in [0, 0.05) is 6.54 Å². The maximum Gasteiger partial charge on any atom is 0.241 e. The minimum atomic E-state index is -0.609. The van der Waals surface area contributed by atoms with Crippen LogP contribution in [0.1, 0.15) is 47.4 Å². The van der Waals surface area contributed by atoms with Gasteiger partial charge in [-0.05, 0) is 58.2 Å². The van der Waals surface area contributed by atoms with Crippen molar-refractivity contribution in [3.8, 4) is 0 Å². The Kier molecular flexibility index (Phi) is 10.1. The van der Waals surface area contributed by atoms with Crippen LogP contribution in [0.4, 0.5) is 0 Å². The van der Waals surface area contributed by atoms with Crippen LogP contribution in [-0.4, -0.2) is 35.4 Å². The second-order valence-electron chi connectivity index (χ2n) is 7.60. The molecule has 0 bridgehead atoms. The number of rotatable bonds is 6. The lowest BCUT2D eigenvalue weighted by atomic mass is 9.96. The van der Waals surface area contributed by atoms with Crippen molar-refractivity contribution in [3.05, 3.63) is 52.7 Å². The molecule has 0 saturated carbocycles. The summed E-state index contributed by atoms with van der Waals surface area (Å²) in [5.74, 6) is 2.07. The van der Waals surface area contributed by atoms with E-state index in [1.165, 1.54) is 0 Å². The lowest BCUT2D eigenvalue weighted by Gasteiger charge is -2.31. The Labute approximate surface area is 185 Å². The quantitative estimate of drug-likeness (QED) is 0.714. The van der Waals surface area contributed by atoms with Gasteiger partial charge < -0.3 is 15.5 Å². The highest BCUT2D eigenvalue weighted by atomic mass is 35.5. The standard InChI is InChI=1S/C21H30N4O2.2ClH/c1-14-4-6-18(7-5-14)20(22)21(26)23-12-17-8-10-25(11-9-17)13-19-24-15(2)16(3)27-19;;/h4-7,17,20H,8-13,22H2,1-3H3,(H,23,26);2*1H. The van der Waals surface area contributed by atoms with Crippen LogP contribution in [0, 0.1) is 26.7 Å². The van der Waals surface area contributed by atoms with E-state index >= 15 is 0 Å². The number of aromatic nitrogens is 1. The van der Waals surface area contributed by atoms with Crippen LogP contribution in [0.5, 0.6) is 0 Å². The molecule has 2 aromatic rings. The molecule has 2 heterocycles. The highest BCUT2D eigenvalue weighted by Gasteiger charge is 2.22. The lowest BCUT2D eigenvalue weighted by molar-refractivity contribution is -0.122. The van der Waals surface area contributed by atoms with Crippen LogP contribution in [0.15, 0.2) is 28.7 Å². The average Bonchev–Trinajstić information content (AvgIpc) is 2.98. The van der Waals surface area contributed by atoms with Crippen LogP contribution >= 0.6 is 24.8 Å². The molecule has 0 radical (unpaired) electrons. The zero-order valence-electron chi connectivity index (χ0n) is 17.3. The smallest absolute Gasteiger partial charge is 0.241 e. The average molecular weight is 443 g/mol. The first-order valence-electron chi connectivity index (χ1n) is 9.67. The number of hydrogen-bond donors (Lipinski definition) is 2. The highest BCUT2D eigenvalue weighted by Crippen LogP contribution is 2.20. The molecule has 3 rings (SSSR count). The predicted octanol–water partition coefficient (Wildman–Crippen LogP) is 3.47. The monoisotopic (exact) mass is 442 g/mol. The fourth-order valence-corrected chi connectivity index (χ4v) is 3.43. The van der Waals surface area contributed by atoms with Crippen molar-refractivity contribution in [1.82, 2.24) is 15.2 Å². The van der Waals surface area contributed by atoms with Gasteiger partial charge in [0.05, 0.1) is 12.2 Å². The molecule has 1 aromatic carbocycles. The van der Waals surface area contributed by atoms with E-state index in [0.717, 1.165) is 60.9 Å². The predicted molar refractivity (Wildman–Crippen MR) is 120 cm³/mol. The summed E-state index contributed by atoms with van der Waals surface area (Å²) in [6.45, 7) is 9.36. The van der Waals surface area contributed by atoms with Crippen molar-refractivity contribution in [2.45, 2.75) is 46.2 Å². The third-order valence-corrected chi connectivity index (χ3v) is 5.42. The number of likely N-dealkylation sites (tertiary alicyclic amines) is 1. The molecule has 0 aliphatic carbocycles. The molecule has 1 fully saturated rings. The van der Waals surface area contributed by atoms with Gasteiger partial charge in [-0.2, -0.15) is 0 Å². The largest absolute Gasteiger partial charge is 0.444 e. The summed E-state index contributed by atoms with van der Waals surface area (Å²) >= 11 is 0. The van der Waals surface area contributed by atoms with E-state index in [1.54, 1.807) is 0 Å². The zero-order valence-corrected chi connectivity index (χ0v) is 18.9. The number of nitrogens with two attached hydrogens (primary N) is 1. The summed E-state index contributed by atoms with van der Waals surface area (Å²) in [5.41, 5.74) is 9.07. The van der Waals surface area contributed by atoms with Gasteiger partial charge in [-0.15, -0.1) is 24.8 Å². The van der Waals surface area contributed by atoms with Gasteiger partial charge in [-0.1, -0.05) is 29.8 Å². The van der Waals surface area contributed by atoms with Crippen LogP contribution < -0.4 is 11.1 Å². The molecule has 1 aliphatic rings. The second-order valence-corrected chi connectivity index (χ2v) is 7.60. The SMILES string of the molecule is Cc1ccc(C(N)C(=O)NCC2CCN(Cc3nc(C)c(C)o3)CC2)cc1.Cl.Cl. The van der Waals surface area contributed by atoms with Gasteiger partial charge in [-0.3, -0.25) is 9.69 Å². The van der Waals surface area contributed by atoms with Crippen molar-refractivity contribution in [1.29, 1.82) is 0 Å². The number of aryl methyl sites for hydroxylation is 3. The number of piperidine rings is 1. The number of nitrogens with one attached hydrogen (secondary N) is 1. The van der Waals surface area contributed by atoms with Crippen molar-refractivity contribution in [2.24, 2.45) is 11.7 Å². The van der Waals surface area contributed by atoms with E-state index in [2.05, 4.69) is 15.2 Å². The molecule has 3 N–H and O–H groups in total. The first-order chi connectivity index (χ1) is 12.9. The van der Waals surface area contributed by atoms with Gasteiger partial charge in [0.2, 0.25) is 11.8 Å². The van der Waals surface area contributed by atoms with Crippen LogP contribution in [0.3, 0.4) is 0 Å². The number of halogens is 2. The maximum atomic E-state index is 12.3. The lowest BCUT2D eigenvalue weighted by Crippen LogP contribution is -2.41. The summed E-state index contributed by atoms with van der Waals surface area (Å²) in [4.78, 5) is 19.2. The third kappa shape index (κ3) is 7.00. The molecule has 8 heteroatoms.